The van der Waals surface area contributed by atoms with Crippen molar-refractivity contribution in [3.63, 3.8) is 0 Å². The molecule has 0 spiro atoms. The number of pyridine rings is 1. The Hall–Kier alpha value is -6.33. The molecule has 0 aliphatic carbocycles. The van der Waals surface area contributed by atoms with Crippen molar-refractivity contribution >= 4 is 58.5 Å². The second-order valence-corrected chi connectivity index (χ2v) is 13.5. The van der Waals surface area contributed by atoms with Gasteiger partial charge in [-0.2, -0.15) is 0 Å². The molecule has 0 radical (unpaired) electrons. The van der Waals surface area contributed by atoms with Gasteiger partial charge in [0.05, 0.1) is 18.0 Å². The van der Waals surface area contributed by atoms with Crippen molar-refractivity contribution in [2.24, 2.45) is 11.8 Å². The number of benzene rings is 2. The summed E-state index contributed by atoms with van der Waals surface area (Å²) in [6.07, 6.45) is -1.10. The number of aldehydes is 1. The molecule has 0 saturated heterocycles. The van der Waals surface area contributed by atoms with Gasteiger partial charge >= 0.3 is 5.97 Å². The molecule has 16 nitrogen and oxygen atoms in total. The zero-order valence-corrected chi connectivity index (χ0v) is 31.3. The first-order valence-electron chi connectivity index (χ1n) is 17.6. The number of ketones is 1. The molecule has 0 fully saturated rings. The van der Waals surface area contributed by atoms with Crippen molar-refractivity contribution in [3.05, 3.63) is 71.9 Å². The number of nitrogens with one attached hydrogen (secondary N) is 5. The third-order valence-corrected chi connectivity index (χ3v) is 8.39. The van der Waals surface area contributed by atoms with E-state index in [1.165, 1.54) is 13.0 Å². The van der Waals surface area contributed by atoms with Crippen molar-refractivity contribution in [1.82, 2.24) is 31.6 Å². The highest BCUT2D eigenvalue weighted by Gasteiger charge is 2.34. The Bertz CT molecular complexity index is 1940. The Balaban J connectivity index is 1.66. The molecular formula is C38H44F2N6O10. The maximum Gasteiger partial charge on any atom is 0.305 e. The molecule has 0 aliphatic rings. The fourth-order valence-corrected chi connectivity index (χ4v) is 5.27. The van der Waals surface area contributed by atoms with E-state index < -0.39 is 120 Å². The van der Waals surface area contributed by atoms with Gasteiger partial charge < -0.3 is 41.2 Å². The van der Waals surface area contributed by atoms with Crippen LogP contribution in [0.2, 0.25) is 0 Å². The summed E-state index contributed by atoms with van der Waals surface area (Å²) in [4.78, 5) is 106. The third kappa shape index (κ3) is 12.4. The van der Waals surface area contributed by atoms with Crippen LogP contribution < -0.4 is 31.3 Å². The van der Waals surface area contributed by atoms with Gasteiger partial charge in [0.25, 0.3) is 5.91 Å². The summed E-state index contributed by atoms with van der Waals surface area (Å²) in [7, 11) is 0. The summed E-state index contributed by atoms with van der Waals surface area (Å²) in [5, 5.41) is 22.3. The number of aliphatic carboxylic acids is 1. The Morgan fingerprint density at radius 3 is 1.91 bits per heavy atom. The lowest BCUT2D eigenvalue weighted by Gasteiger charge is -2.28. The number of hydrogen-bond donors (Lipinski definition) is 6. The highest BCUT2D eigenvalue weighted by molar-refractivity contribution is 6.00. The summed E-state index contributed by atoms with van der Waals surface area (Å²) in [6.45, 7) is 6.67. The van der Waals surface area contributed by atoms with Crippen LogP contribution in [0.5, 0.6) is 5.75 Å². The molecule has 2 unspecified atom stereocenters. The van der Waals surface area contributed by atoms with Crippen LogP contribution in [0.4, 0.5) is 8.78 Å². The van der Waals surface area contributed by atoms with Crippen LogP contribution in [0.3, 0.4) is 0 Å². The molecule has 18 heteroatoms. The monoisotopic (exact) mass is 782 g/mol. The molecule has 0 saturated carbocycles. The zero-order chi connectivity index (χ0) is 41.7. The molecule has 1 heterocycles. The highest BCUT2D eigenvalue weighted by atomic mass is 19.1. The number of Topliss-reactive ketones (excluding diaryl/α,β-unsaturated/α-hetero) is 1. The SMILES string of the molecule is CC(NC(=O)[C@@H](NC(=O)C(CC(=O)O)NC(=O)[C@@H](NC(=O)c1ccc2ccccc2n1)C(C)C)C(C)C)C(=O)N[C@@H](CC=O)C(=O)COc1c(F)cccc1F. The lowest BCUT2D eigenvalue weighted by Crippen LogP contribution is -2.60. The Kier molecular flexibility index (Phi) is 16.0. The first-order chi connectivity index (χ1) is 26.4. The quantitative estimate of drug-likeness (QED) is 0.0900. The van der Waals surface area contributed by atoms with Gasteiger partial charge in [0.1, 0.15) is 42.8 Å². The van der Waals surface area contributed by atoms with Gasteiger partial charge in [-0.05, 0) is 43.0 Å². The molecule has 0 bridgehead atoms. The van der Waals surface area contributed by atoms with Crippen LogP contribution in [-0.2, 0) is 33.6 Å². The number of carboxylic acids is 1. The Labute approximate surface area is 320 Å². The first kappa shape index (κ1) is 44.1. The molecule has 5 atom stereocenters. The van der Waals surface area contributed by atoms with E-state index in [0.717, 1.165) is 23.6 Å². The van der Waals surface area contributed by atoms with Crippen LogP contribution >= 0.6 is 0 Å². The number of rotatable bonds is 20. The van der Waals surface area contributed by atoms with E-state index in [-0.39, 0.29) is 5.69 Å². The number of ether oxygens (including phenoxy) is 1. The Morgan fingerprint density at radius 1 is 0.714 bits per heavy atom. The average Bonchev–Trinajstić information content (AvgIpc) is 3.14. The first-order valence-corrected chi connectivity index (χ1v) is 17.6. The molecule has 0 aliphatic heterocycles. The van der Waals surface area contributed by atoms with Gasteiger partial charge in [-0.15, -0.1) is 0 Å². The largest absolute Gasteiger partial charge is 0.481 e. The van der Waals surface area contributed by atoms with Gasteiger partial charge in [0, 0.05) is 11.8 Å². The van der Waals surface area contributed by atoms with Crippen LogP contribution in [0.15, 0.2) is 54.6 Å². The molecule has 2 aromatic carbocycles. The predicted molar refractivity (Wildman–Crippen MR) is 196 cm³/mol. The predicted octanol–water partition coefficient (Wildman–Crippen LogP) is 1.59. The number of carbonyl (C=O) groups is 8. The number of halogens is 2. The number of carbonyl (C=O) groups excluding carboxylic acids is 7. The van der Waals surface area contributed by atoms with Crippen LogP contribution in [-0.4, -0.2) is 94.5 Å². The van der Waals surface area contributed by atoms with Crippen molar-refractivity contribution in [2.75, 3.05) is 6.61 Å². The van der Waals surface area contributed by atoms with Gasteiger partial charge in [0.2, 0.25) is 23.6 Å². The molecule has 3 rings (SSSR count). The smallest absolute Gasteiger partial charge is 0.305 e. The van der Waals surface area contributed by atoms with E-state index in [4.69, 9.17) is 4.74 Å². The molecule has 56 heavy (non-hydrogen) atoms. The standard InChI is InChI=1S/C38H44F2N6O10/c1-19(2)31(37(54)41-21(5)34(51)43-26(15-16-47)29(48)18-56-33-23(39)10-8-11-24(33)40)46-36(53)28(17-30(49)50)44-38(55)32(20(3)4)45-35(52)27-14-13-22-9-6-7-12-25(22)42-27/h6-14,16,19-21,26,28,31-32H,15,17-18H2,1-5H3,(H,41,54)(H,43,51)(H,44,55)(H,45,52)(H,46,53)(H,49,50)/t21?,26-,28?,31-,32-/m0/s1. The van der Waals surface area contributed by atoms with E-state index in [0.29, 0.717) is 11.8 Å². The maximum atomic E-state index is 13.9. The van der Waals surface area contributed by atoms with E-state index in [1.54, 1.807) is 45.9 Å². The number of nitrogens with zero attached hydrogens (tertiary/aromatic N) is 1. The summed E-state index contributed by atoms with van der Waals surface area (Å²) in [5.41, 5.74) is 0.564. The second-order valence-electron chi connectivity index (χ2n) is 13.5. The molecule has 6 N–H and O–H groups in total. The molecular weight excluding hydrogens is 738 g/mol. The maximum absolute atomic E-state index is 13.9. The fraction of sp³-hybridized carbons (Fsp3) is 0.395. The van der Waals surface area contributed by atoms with Gasteiger partial charge in [-0.3, -0.25) is 33.6 Å². The van der Waals surface area contributed by atoms with E-state index in [9.17, 15) is 52.2 Å². The summed E-state index contributed by atoms with van der Waals surface area (Å²) < 4.78 is 32.8. The topological polar surface area (TPSA) is 239 Å². The molecule has 3 aromatic rings. The lowest BCUT2D eigenvalue weighted by molar-refractivity contribution is -0.141. The van der Waals surface area contributed by atoms with Crippen molar-refractivity contribution < 1.29 is 57.0 Å². The van der Waals surface area contributed by atoms with Gasteiger partial charge in [-0.25, -0.2) is 13.8 Å². The average molecular weight is 783 g/mol. The third-order valence-electron chi connectivity index (χ3n) is 8.39. The number of amides is 5. The summed E-state index contributed by atoms with van der Waals surface area (Å²) in [5.74, 6) is -11.0. The number of hydrogen-bond acceptors (Lipinski definition) is 10. The molecule has 300 valence electrons. The lowest BCUT2D eigenvalue weighted by atomic mass is 10.0. The van der Waals surface area contributed by atoms with E-state index in [2.05, 4.69) is 31.6 Å². The Morgan fingerprint density at radius 2 is 1.30 bits per heavy atom. The van der Waals surface area contributed by atoms with Gasteiger partial charge in [-0.1, -0.05) is 58.0 Å². The van der Waals surface area contributed by atoms with E-state index >= 15 is 0 Å². The van der Waals surface area contributed by atoms with E-state index in [1.807, 2.05) is 12.1 Å². The highest BCUT2D eigenvalue weighted by Crippen LogP contribution is 2.21. The number of carboxylic acid groups (broad SMARTS) is 1. The van der Waals surface area contributed by atoms with Crippen LogP contribution in [0.25, 0.3) is 10.9 Å². The van der Waals surface area contributed by atoms with Crippen LogP contribution in [0, 0.1) is 23.5 Å². The summed E-state index contributed by atoms with van der Waals surface area (Å²) >= 11 is 0. The minimum absolute atomic E-state index is 0.0204. The minimum Gasteiger partial charge on any atom is -0.481 e. The van der Waals surface area contributed by atoms with Crippen molar-refractivity contribution in [1.29, 1.82) is 0 Å². The normalized spacial score (nSPS) is 13.7. The number of fused-ring (bicyclic) bond motifs is 1. The molecule has 5 amide bonds. The van der Waals surface area contributed by atoms with Crippen molar-refractivity contribution in [2.45, 2.75) is 77.7 Å². The number of para-hydroxylation sites is 2. The minimum atomic E-state index is -1.71. The second kappa shape index (κ2) is 20.4. The van der Waals surface area contributed by atoms with Gasteiger partial charge in [0.15, 0.2) is 23.2 Å². The van der Waals surface area contributed by atoms with Crippen molar-refractivity contribution in [3.8, 4) is 5.75 Å². The molecule has 1 aromatic heterocycles. The van der Waals surface area contributed by atoms with Crippen LogP contribution in [0.1, 0.15) is 57.9 Å². The summed E-state index contributed by atoms with van der Waals surface area (Å²) in [6, 6.07) is 5.98. The zero-order valence-electron chi connectivity index (χ0n) is 31.3. The number of aromatic nitrogens is 1. The fourth-order valence-electron chi connectivity index (χ4n) is 5.27.